The van der Waals surface area contributed by atoms with Crippen molar-refractivity contribution in [3.63, 3.8) is 0 Å². The van der Waals surface area contributed by atoms with Crippen molar-refractivity contribution in [3.8, 4) is 0 Å². The first kappa shape index (κ1) is 10.2. The molecule has 1 aliphatic heterocycles. The largest absolute Gasteiger partial charge is 0.373 e. The SMILES string of the molecule is CCc1ccc(CCC2CO2)cc1Br. The van der Waals surface area contributed by atoms with E-state index in [2.05, 4.69) is 41.1 Å². The van der Waals surface area contributed by atoms with Gasteiger partial charge in [-0.1, -0.05) is 35.0 Å². The minimum absolute atomic E-state index is 0.541. The van der Waals surface area contributed by atoms with E-state index in [9.17, 15) is 0 Å². The molecule has 0 spiro atoms. The molecule has 0 aromatic heterocycles. The Bertz CT molecular complexity index is 318. The molecule has 2 rings (SSSR count). The van der Waals surface area contributed by atoms with Gasteiger partial charge in [0.25, 0.3) is 0 Å². The fourth-order valence-corrected chi connectivity index (χ4v) is 2.30. The third-order valence-corrected chi connectivity index (χ3v) is 3.39. The van der Waals surface area contributed by atoms with E-state index in [4.69, 9.17) is 4.74 Å². The van der Waals surface area contributed by atoms with Gasteiger partial charge in [0.05, 0.1) is 12.7 Å². The number of hydrogen-bond donors (Lipinski definition) is 0. The zero-order chi connectivity index (χ0) is 9.97. The monoisotopic (exact) mass is 254 g/mol. The summed E-state index contributed by atoms with van der Waals surface area (Å²) in [5.74, 6) is 0. The predicted molar refractivity (Wildman–Crippen MR) is 61.6 cm³/mol. The van der Waals surface area contributed by atoms with Crippen LogP contribution in [0.3, 0.4) is 0 Å². The molecule has 0 radical (unpaired) electrons. The number of epoxide rings is 1. The van der Waals surface area contributed by atoms with Gasteiger partial charge in [0.15, 0.2) is 0 Å². The Kier molecular flexibility index (Phi) is 3.24. The van der Waals surface area contributed by atoms with Gasteiger partial charge in [-0.2, -0.15) is 0 Å². The second-order valence-electron chi connectivity index (χ2n) is 3.77. The summed E-state index contributed by atoms with van der Waals surface area (Å²) in [6.07, 6.45) is 3.93. The van der Waals surface area contributed by atoms with Gasteiger partial charge in [0, 0.05) is 4.47 Å². The smallest absolute Gasteiger partial charge is 0.0813 e. The minimum atomic E-state index is 0.541. The molecule has 1 fully saturated rings. The van der Waals surface area contributed by atoms with E-state index < -0.39 is 0 Å². The molecule has 0 bridgehead atoms. The lowest BCUT2D eigenvalue weighted by Crippen LogP contribution is -1.92. The minimum Gasteiger partial charge on any atom is -0.373 e. The lowest BCUT2D eigenvalue weighted by molar-refractivity contribution is 0.397. The molecule has 2 heteroatoms. The summed E-state index contributed by atoms with van der Waals surface area (Å²) in [4.78, 5) is 0. The van der Waals surface area contributed by atoms with Crippen molar-refractivity contribution < 1.29 is 4.74 Å². The van der Waals surface area contributed by atoms with E-state index in [-0.39, 0.29) is 0 Å². The standard InChI is InChI=1S/C12H15BrO/c1-2-10-5-3-9(7-12(10)13)4-6-11-8-14-11/h3,5,7,11H,2,4,6,8H2,1H3. The van der Waals surface area contributed by atoms with Gasteiger partial charge in [0.1, 0.15) is 0 Å². The normalized spacial score (nSPS) is 19.7. The molecule has 0 amide bonds. The Labute approximate surface area is 93.6 Å². The number of hydrogen-bond acceptors (Lipinski definition) is 1. The summed E-state index contributed by atoms with van der Waals surface area (Å²) in [5.41, 5.74) is 2.79. The summed E-state index contributed by atoms with van der Waals surface area (Å²) >= 11 is 3.60. The van der Waals surface area contributed by atoms with Crippen molar-refractivity contribution in [2.75, 3.05) is 6.61 Å². The van der Waals surface area contributed by atoms with Gasteiger partial charge in [-0.25, -0.2) is 0 Å². The van der Waals surface area contributed by atoms with Gasteiger partial charge >= 0.3 is 0 Å². The maximum atomic E-state index is 5.19. The van der Waals surface area contributed by atoms with Crippen LogP contribution in [0, 0.1) is 0 Å². The highest BCUT2D eigenvalue weighted by Crippen LogP contribution is 2.22. The van der Waals surface area contributed by atoms with Crippen LogP contribution < -0.4 is 0 Å². The highest BCUT2D eigenvalue weighted by Gasteiger charge is 2.21. The zero-order valence-electron chi connectivity index (χ0n) is 8.42. The predicted octanol–water partition coefficient (Wildman–Crippen LogP) is 3.34. The van der Waals surface area contributed by atoms with Gasteiger partial charge in [0.2, 0.25) is 0 Å². The van der Waals surface area contributed by atoms with E-state index in [1.54, 1.807) is 0 Å². The average Bonchev–Trinajstić information content (AvgIpc) is 2.98. The third-order valence-electron chi connectivity index (χ3n) is 2.66. The first-order valence-corrected chi connectivity index (χ1v) is 5.98. The Balaban J connectivity index is 1.99. The van der Waals surface area contributed by atoms with Crippen LogP contribution in [0.4, 0.5) is 0 Å². The van der Waals surface area contributed by atoms with Crippen LogP contribution in [-0.2, 0) is 17.6 Å². The van der Waals surface area contributed by atoms with E-state index in [1.165, 1.54) is 15.6 Å². The number of ether oxygens (including phenoxy) is 1. The van der Waals surface area contributed by atoms with Crippen LogP contribution >= 0.6 is 15.9 Å². The molecule has 14 heavy (non-hydrogen) atoms. The Morgan fingerprint density at radius 1 is 1.50 bits per heavy atom. The van der Waals surface area contributed by atoms with Crippen LogP contribution in [0.2, 0.25) is 0 Å². The maximum Gasteiger partial charge on any atom is 0.0813 e. The topological polar surface area (TPSA) is 12.5 Å². The van der Waals surface area contributed by atoms with Crippen molar-refractivity contribution in [1.29, 1.82) is 0 Å². The number of rotatable bonds is 4. The number of aryl methyl sites for hydroxylation is 2. The molecule has 1 aliphatic rings. The van der Waals surface area contributed by atoms with Crippen molar-refractivity contribution in [2.24, 2.45) is 0 Å². The maximum absolute atomic E-state index is 5.19. The molecule has 1 unspecified atom stereocenters. The molecule has 1 heterocycles. The van der Waals surface area contributed by atoms with Gasteiger partial charge < -0.3 is 4.74 Å². The first-order valence-electron chi connectivity index (χ1n) is 5.18. The third kappa shape index (κ3) is 2.58. The molecule has 1 aromatic rings. The number of halogens is 1. The van der Waals surface area contributed by atoms with Gasteiger partial charge in [-0.15, -0.1) is 0 Å². The van der Waals surface area contributed by atoms with Crippen molar-refractivity contribution in [2.45, 2.75) is 32.3 Å². The molecule has 1 aromatic carbocycles. The lowest BCUT2D eigenvalue weighted by atomic mass is 10.1. The van der Waals surface area contributed by atoms with Crippen molar-refractivity contribution in [3.05, 3.63) is 33.8 Å². The van der Waals surface area contributed by atoms with Crippen LogP contribution in [-0.4, -0.2) is 12.7 Å². The van der Waals surface area contributed by atoms with Crippen LogP contribution in [0.25, 0.3) is 0 Å². The summed E-state index contributed by atoms with van der Waals surface area (Å²) in [7, 11) is 0. The molecule has 76 valence electrons. The quantitative estimate of drug-likeness (QED) is 0.752. The Hall–Kier alpha value is -0.340. The molecule has 1 nitrogen and oxygen atoms in total. The van der Waals surface area contributed by atoms with Crippen LogP contribution in [0.5, 0.6) is 0 Å². The fraction of sp³-hybridized carbons (Fsp3) is 0.500. The second kappa shape index (κ2) is 4.45. The zero-order valence-corrected chi connectivity index (χ0v) is 10.0. The van der Waals surface area contributed by atoms with Gasteiger partial charge in [-0.05, 0) is 36.5 Å². The molecule has 1 atom stereocenters. The molecule has 1 saturated heterocycles. The van der Waals surface area contributed by atoms with Crippen LogP contribution in [0.15, 0.2) is 22.7 Å². The summed E-state index contributed by atoms with van der Waals surface area (Å²) in [6.45, 7) is 3.14. The number of benzene rings is 1. The summed E-state index contributed by atoms with van der Waals surface area (Å²) < 4.78 is 6.44. The summed E-state index contributed by atoms with van der Waals surface area (Å²) in [6, 6.07) is 6.68. The molecular formula is C12H15BrO. The van der Waals surface area contributed by atoms with Crippen LogP contribution in [0.1, 0.15) is 24.5 Å². The molecule has 0 aliphatic carbocycles. The van der Waals surface area contributed by atoms with Crippen molar-refractivity contribution in [1.82, 2.24) is 0 Å². The highest BCUT2D eigenvalue weighted by molar-refractivity contribution is 9.10. The average molecular weight is 255 g/mol. The van der Waals surface area contributed by atoms with E-state index in [0.29, 0.717) is 6.10 Å². The van der Waals surface area contributed by atoms with E-state index in [1.807, 2.05) is 0 Å². The Morgan fingerprint density at radius 3 is 2.86 bits per heavy atom. The van der Waals surface area contributed by atoms with E-state index >= 15 is 0 Å². The molecule has 0 saturated carbocycles. The van der Waals surface area contributed by atoms with E-state index in [0.717, 1.165) is 25.9 Å². The molecule has 0 N–H and O–H groups in total. The second-order valence-corrected chi connectivity index (χ2v) is 4.63. The van der Waals surface area contributed by atoms with Crippen molar-refractivity contribution >= 4 is 15.9 Å². The lowest BCUT2D eigenvalue weighted by Gasteiger charge is -2.04. The Morgan fingerprint density at radius 2 is 2.29 bits per heavy atom. The highest BCUT2D eigenvalue weighted by atomic mass is 79.9. The van der Waals surface area contributed by atoms with Gasteiger partial charge in [-0.3, -0.25) is 0 Å². The fourth-order valence-electron chi connectivity index (χ4n) is 1.60. The molecular weight excluding hydrogens is 240 g/mol. The first-order chi connectivity index (χ1) is 6.79. The summed E-state index contributed by atoms with van der Waals surface area (Å²) in [5, 5.41) is 0.